The van der Waals surface area contributed by atoms with E-state index >= 15 is 0 Å². The van der Waals surface area contributed by atoms with Gasteiger partial charge in [-0.3, -0.25) is 4.90 Å². The summed E-state index contributed by atoms with van der Waals surface area (Å²) in [6.45, 7) is 8.53. The molecule has 21 heavy (non-hydrogen) atoms. The van der Waals surface area contributed by atoms with E-state index in [0.717, 1.165) is 24.9 Å². The Labute approximate surface area is 128 Å². The quantitative estimate of drug-likeness (QED) is 0.901. The van der Waals surface area contributed by atoms with E-state index in [1.165, 1.54) is 49.9 Å². The van der Waals surface area contributed by atoms with Gasteiger partial charge in [-0.15, -0.1) is 0 Å². The van der Waals surface area contributed by atoms with Gasteiger partial charge in [0.25, 0.3) is 0 Å². The molecule has 0 amide bonds. The summed E-state index contributed by atoms with van der Waals surface area (Å²) in [5.41, 5.74) is 2.50. The number of ether oxygens (including phenoxy) is 1. The summed E-state index contributed by atoms with van der Waals surface area (Å²) in [5, 5.41) is 3.67. The first-order chi connectivity index (χ1) is 10.2. The number of rotatable bonds is 5. The van der Waals surface area contributed by atoms with Crippen molar-refractivity contribution in [1.82, 2.24) is 10.2 Å². The molecule has 2 atom stereocenters. The summed E-state index contributed by atoms with van der Waals surface area (Å²) in [7, 11) is 0. The molecule has 0 aromatic heterocycles. The molecule has 2 aliphatic rings. The van der Waals surface area contributed by atoms with Gasteiger partial charge < -0.3 is 10.1 Å². The molecule has 1 N–H and O–H groups in total. The molecule has 2 heterocycles. The van der Waals surface area contributed by atoms with Gasteiger partial charge in [-0.2, -0.15) is 0 Å². The molecule has 116 valence electrons. The molecule has 3 heteroatoms. The zero-order valence-corrected chi connectivity index (χ0v) is 13.4. The van der Waals surface area contributed by atoms with Gasteiger partial charge in [0.1, 0.15) is 12.4 Å². The Morgan fingerprint density at radius 3 is 2.95 bits per heavy atom. The number of aryl methyl sites for hydroxylation is 2. The van der Waals surface area contributed by atoms with E-state index in [-0.39, 0.29) is 0 Å². The zero-order chi connectivity index (χ0) is 14.7. The lowest BCUT2D eigenvalue weighted by Crippen LogP contribution is -2.45. The minimum atomic E-state index is 0.716. The van der Waals surface area contributed by atoms with Crippen LogP contribution in [-0.2, 0) is 0 Å². The van der Waals surface area contributed by atoms with Crippen molar-refractivity contribution >= 4 is 0 Å². The van der Waals surface area contributed by atoms with Crippen molar-refractivity contribution in [2.24, 2.45) is 0 Å². The average molecular weight is 288 g/mol. The summed E-state index contributed by atoms with van der Waals surface area (Å²) in [6.07, 6.45) is 5.38. The average Bonchev–Trinajstić information content (AvgIpc) is 3.13. The van der Waals surface area contributed by atoms with Gasteiger partial charge >= 0.3 is 0 Å². The topological polar surface area (TPSA) is 24.5 Å². The third-order valence-electron chi connectivity index (χ3n) is 4.96. The second-order valence-corrected chi connectivity index (χ2v) is 6.57. The van der Waals surface area contributed by atoms with Crippen LogP contribution in [0.1, 0.15) is 36.8 Å². The smallest absolute Gasteiger partial charge is 0.122 e. The van der Waals surface area contributed by atoms with Crippen LogP contribution in [0, 0.1) is 13.8 Å². The lowest BCUT2D eigenvalue weighted by Gasteiger charge is -2.29. The van der Waals surface area contributed by atoms with Gasteiger partial charge in [0.2, 0.25) is 0 Å². The van der Waals surface area contributed by atoms with Crippen LogP contribution in [0.5, 0.6) is 5.75 Å². The Morgan fingerprint density at radius 2 is 2.14 bits per heavy atom. The molecule has 1 aromatic carbocycles. The molecule has 0 saturated carbocycles. The van der Waals surface area contributed by atoms with Gasteiger partial charge in [0.05, 0.1) is 0 Å². The van der Waals surface area contributed by atoms with E-state index in [9.17, 15) is 0 Å². The Bertz CT molecular complexity index is 468. The SMILES string of the molecule is Cc1ccc(C)c(OCCN2CCCC2C2CCCN2)c1. The van der Waals surface area contributed by atoms with Crippen LogP contribution in [0.25, 0.3) is 0 Å². The maximum Gasteiger partial charge on any atom is 0.122 e. The fraction of sp³-hybridized carbons (Fsp3) is 0.667. The minimum absolute atomic E-state index is 0.716. The summed E-state index contributed by atoms with van der Waals surface area (Å²) in [6, 6.07) is 7.88. The fourth-order valence-corrected chi connectivity index (χ4v) is 3.76. The number of nitrogens with zero attached hydrogens (tertiary/aromatic N) is 1. The van der Waals surface area contributed by atoms with E-state index in [1.807, 2.05) is 0 Å². The van der Waals surface area contributed by atoms with Gasteiger partial charge in [-0.05, 0) is 69.8 Å². The summed E-state index contributed by atoms with van der Waals surface area (Å²) < 4.78 is 6.03. The number of hydrogen-bond acceptors (Lipinski definition) is 3. The molecule has 0 radical (unpaired) electrons. The molecule has 3 rings (SSSR count). The molecule has 3 nitrogen and oxygen atoms in total. The van der Waals surface area contributed by atoms with Gasteiger partial charge in [0.15, 0.2) is 0 Å². The highest BCUT2D eigenvalue weighted by Gasteiger charge is 2.32. The van der Waals surface area contributed by atoms with Crippen LogP contribution in [0.4, 0.5) is 0 Å². The highest BCUT2D eigenvalue weighted by Crippen LogP contribution is 2.25. The van der Waals surface area contributed by atoms with Crippen molar-refractivity contribution in [3.05, 3.63) is 29.3 Å². The summed E-state index contributed by atoms with van der Waals surface area (Å²) in [5.74, 6) is 1.05. The lowest BCUT2D eigenvalue weighted by atomic mass is 10.0. The molecule has 0 spiro atoms. The highest BCUT2D eigenvalue weighted by atomic mass is 16.5. The van der Waals surface area contributed by atoms with Gasteiger partial charge in [-0.1, -0.05) is 12.1 Å². The molecule has 2 fully saturated rings. The van der Waals surface area contributed by atoms with E-state index in [4.69, 9.17) is 4.74 Å². The number of hydrogen-bond donors (Lipinski definition) is 1. The summed E-state index contributed by atoms with van der Waals surface area (Å²) in [4.78, 5) is 2.63. The molecule has 1 aromatic rings. The van der Waals surface area contributed by atoms with Crippen LogP contribution < -0.4 is 10.1 Å². The lowest BCUT2D eigenvalue weighted by molar-refractivity contribution is 0.174. The first-order valence-electron chi connectivity index (χ1n) is 8.41. The van der Waals surface area contributed by atoms with Crippen molar-refractivity contribution < 1.29 is 4.74 Å². The predicted octanol–water partition coefficient (Wildman–Crippen LogP) is 2.90. The van der Waals surface area contributed by atoms with Crippen LogP contribution in [0.3, 0.4) is 0 Å². The monoisotopic (exact) mass is 288 g/mol. The normalized spacial score (nSPS) is 26.4. The third kappa shape index (κ3) is 3.58. The first-order valence-corrected chi connectivity index (χ1v) is 8.41. The van der Waals surface area contributed by atoms with Crippen molar-refractivity contribution in [3.8, 4) is 5.75 Å². The molecule has 0 aliphatic carbocycles. The number of benzene rings is 1. The molecular formula is C18H28N2O. The number of nitrogens with one attached hydrogen (secondary N) is 1. The molecule has 2 saturated heterocycles. The Balaban J connectivity index is 1.51. The second-order valence-electron chi connectivity index (χ2n) is 6.57. The zero-order valence-electron chi connectivity index (χ0n) is 13.4. The van der Waals surface area contributed by atoms with Crippen molar-refractivity contribution in [1.29, 1.82) is 0 Å². The van der Waals surface area contributed by atoms with Gasteiger partial charge in [0, 0.05) is 18.6 Å². The van der Waals surface area contributed by atoms with Crippen LogP contribution in [0.15, 0.2) is 18.2 Å². The minimum Gasteiger partial charge on any atom is -0.492 e. The summed E-state index contributed by atoms with van der Waals surface area (Å²) >= 11 is 0. The molecule has 0 bridgehead atoms. The van der Waals surface area contributed by atoms with E-state index in [1.54, 1.807) is 0 Å². The van der Waals surface area contributed by atoms with Crippen molar-refractivity contribution in [3.63, 3.8) is 0 Å². The molecule has 2 unspecified atom stereocenters. The largest absolute Gasteiger partial charge is 0.492 e. The number of likely N-dealkylation sites (tertiary alicyclic amines) is 1. The van der Waals surface area contributed by atoms with Crippen LogP contribution >= 0.6 is 0 Å². The fourth-order valence-electron chi connectivity index (χ4n) is 3.76. The van der Waals surface area contributed by atoms with E-state index in [0.29, 0.717) is 6.04 Å². The van der Waals surface area contributed by atoms with Crippen LogP contribution in [-0.4, -0.2) is 43.2 Å². The maximum atomic E-state index is 6.03. The van der Waals surface area contributed by atoms with Gasteiger partial charge in [-0.25, -0.2) is 0 Å². The van der Waals surface area contributed by atoms with E-state index in [2.05, 4.69) is 42.3 Å². The predicted molar refractivity (Wildman–Crippen MR) is 87.0 cm³/mol. The molecular weight excluding hydrogens is 260 g/mol. The van der Waals surface area contributed by atoms with Crippen molar-refractivity contribution in [2.75, 3.05) is 26.2 Å². The Morgan fingerprint density at radius 1 is 1.24 bits per heavy atom. The third-order valence-corrected chi connectivity index (χ3v) is 4.96. The standard InChI is InChI=1S/C18H28N2O/c1-14-7-8-15(2)18(13-14)21-12-11-20-10-4-6-17(20)16-5-3-9-19-16/h7-8,13,16-17,19H,3-6,9-12H2,1-2H3. The van der Waals surface area contributed by atoms with Crippen molar-refractivity contribution in [2.45, 2.75) is 51.6 Å². The maximum absolute atomic E-state index is 6.03. The second kappa shape index (κ2) is 6.80. The Hall–Kier alpha value is -1.06. The van der Waals surface area contributed by atoms with E-state index < -0.39 is 0 Å². The first kappa shape index (κ1) is 14.9. The Kier molecular flexibility index (Phi) is 4.81. The van der Waals surface area contributed by atoms with Crippen LogP contribution in [0.2, 0.25) is 0 Å². The highest BCUT2D eigenvalue weighted by molar-refractivity contribution is 5.35. The molecule has 2 aliphatic heterocycles.